The van der Waals surface area contributed by atoms with Crippen molar-refractivity contribution < 1.29 is 14.6 Å². The third kappa shape index (κ3) is 4.90. The first-order chi connectivity index (χ1) is 10.5. The highest BCUT2D eigenvalue weighted by Gasteiger charge is 2.09. The summed E-state index contributed by atoms with van der Waals surface area (Å²) in [6.07, 6.45) is 0. The second kappa shape index (κ2) is 7.61. The number of aryl methyl sites for hydroxylation is 1. The van der Waals surface area contributed by atoms with Crippen molar-refractivity contribution in [2.45, 2.75) is 33.0 Å². The first-order valence-corrected chi connectivity index (χ1v) is 7.28. The van der Waals surface area contributed by atoms with Crippen molar-refractivity contribution in [3.05, 3.63) is 65.2 Å². The molecule has 0 aliphatic carbocycles. The van der Waals surface area contributed by atoms with Gasteiger partial charge in [0.15, 0.2) is 0 Å². The fourth-order valence-electron chi connectivity index (χ4n) is 1.95. The molecule has 2 aromatic rings. The Hall–Kier alpha value is -2.33. The summed E-state index contributed by atoms with van der Waals surface area (Å²) >= 11 is 0. The van der Waals surface area contributed by atoms with Crippen molar-refractivity contribution in [1.82, 2.24) is 5.32 Å². The van der Waals surface area contributed by atoms with Crippen LogP contribution in [0.4, 0.5) is 0 Å². The highest BCUT2D eigenvalue weighted by Crippen LogP contribution is 2.15. The van der Waals surface area contributed by atoms with Gasteiger partial charge in [0, 0.05) is 6.54 Å². The fourth-order valence-corrected chi connectivity index (χ4v) is 1.95. The van der Waals surface area contributed by atoms with Gasteiger partial charge in [-0.3, -0.25) is 4.79 Å². The number of hydrogen-bond acceptors (Lipinski definition) is 3. The van der Waals surface area contributed by atoms with Crippen LogP contribution in [0, 0.1) is 6.92 Å². The number of benzene rings is 2. The predicted molar refractivity (Wildman–Crippen MR) is 85.9 cm³/mol. The summed E-state index contributed by atoms with van der Waals surface area (Å²) < 4.78 is 5.78. The minimum absolute atomic E-state index is 0.495. The van der Waals surface area contributed by atoms with E-state index in [4.69, 9.17) is 9.84 Å². The summed E-state index contributed by atoms with van der Waals surface area (Å²) in [6, 6.07) is 15.3. The average Bonchev–Trinajstić information content (AvgIpc) is 2.52. The third-order valence-electron chi connectivity index (χ3n) is 3.41. The normalized spacial score (nSPS) is 11.9. The van der Waals surface area contributed by atoms with E-state index in [1.54, 1.807) is 6.92 Å². The molecule has 0 heterocycles. The molecule has 22 heavy (non-hydrogen) atoms. The van der Waals surface area contributed by atoms with Gasteiger partial charge < -0.3 is 15.2 Å². The van der Waals surface area contributed by atoms with Crippen LogP contribution in [0.3, 0.4) is 0 Å². The maximum absolute atomic E-state index is 10.8. The van der Waals surface area contributed by atoms with Crippen molar-refractivity contribution in [3.63, 3.8) is 0 Å². The van der Waals surface area contributed by atoms with Gasteiger partial charge >= 0.3 is 5.97 Å². The molecule has 0 fully saturated rings. The van der Waals surface area contributed by atoms with Gasteiger partial charge in [-0.25, -0.2) is 0 Å². The van der Waals surface area contributed by atoms with Gasteiger partial charge in [0.1, 0.15) is 18.4 Å². The summed E-state index contributed by atoms with van der Waals surface area (Å²) in [5.41, 5.74) is 3.34. The van der Waals surface area contributed by atoms with Crippen molar-refractivity contribution in [3.8, 4) is 5.75 Å². The molecule has 0 aromatic heterocycles. The van der Waals surface area contributed by atoms with Crippen LogP contribution in [0.2, 0.25) is 0 Å². The molecular weight excluding hydrogens is 278 g/mol. The number of carbonyl (C=O) groups is 1. The van der Waals surface area contributed by atoms with Crippen molar-refractivity contribution >= 4 is 5.97 Å². The number of aliphatic carboxylic acids is 1. The topological polar surface area (TPSA) is 58.6 Å². The Labute approximate surface area is 130 Å². The van der Waals surface area contributed by atoms with E-state index < -0.39 is 12.0 Å². The summed E-state index contributed by atoms with van der Waals surface area (Å²) in [6.45, 7) is 4.69. The van der Waals surface area contributed by atoms with E-state index in [1.807, 2.05) is 24.3 Å². The number of rotatable bonds is 7. The number of carboxylic acids is 1. The van der Waals surface area contributed by atoms with E-state index in [2.05, 4.69) is 36.5 Å². The van der Waals surface area contributed by atoms with Gasteiger partial charge in [-0.05, 0) is 37.1 Å². The summed E-state index contributed by atoms with van der Waals surface area (Å²) in [5, 5.41) is 11.8. The molecule has 116 valence electrons. The average molecular weight is 299 g/mol. The van der Waals surface area contributed by atoms with Crippen molar-refractivity contribution in [1.29, 1.82) is 0 Å². The van der Waals surface area contributed by atoms with Crippen molar-refractivity contribution in [2.75, 3.05) is 0 Å². The zero-order valence-electron chi connectivity index (χ0n) is 12.9. The largest absolute Gasteiger partial charge is 0.489 e. The molecule has 0 amide bonds. The van der Waals surface area contributed by atoms with Crippen molar-refractivity contribution in [2.24, 2.45) is 0 Å². The summed E-state index contributed by atoms with van der Waals surface area (Å²) in [4.78, 5) is 10.8. The van der Waals surface area contributed by atoms with Crippen LogP contribution in [-0.4, -0.2) is 17.1 Å². The van der Waals surface area contributed by atoms with Crippen LogP contribution in [0.1, 0.15) is 23.6 Å². The van der Waals surface area contributed by atoms with Crippen LogP contribution in [0.5, 0.6) is 5.75 Å². The van der Waals surface area contributed by atoms with Gasteiger partial charge in [0.05, 0.1) is 0 Å². The molecular formula is C18H21NO3. The molecule has 0 saturated carbocycles. The van der Waals surface area contributed by atoms with Crippen LogP contribution in [0.25, 0.3) is 0 Å². The Morgan fingerprint density at radius 3 is 2.59 bits per heavy atom. The van der Waals surface area contributed by atoms with Gasteiger partial charge in [0.25, 0.3) is 0 Å². The van der Waals surface area contributed by atoms with Crippen LogP contribution in [0.15, 0.2) is 48.5 Å². The Bertz CT molecular complexity index is 622. The van der Waals surface area contributed by atoms with Gasteiger partial charge in [-0.15, -0.1) is 0 Å². The Morgan fingerprint density at radius 2 is 1.91 bits per heavy atom. The standard InChI is InChI=1S/C18H21NO3/c1-13-6-8-15(9-7-13)12-22-17-5-3-4-16(10-17)11-19-14(2)18(20)21/h3-10,14,19H,11-12H2,1-2H3,(H,20,21). The van der Waals surface area contributed by atoms with Gasteiger partial charge in [-0.1, -0.05) is 42.0 Å². The molecule has 2 aromatic carbocycles. The molecule has 0 aliphatic rings. The van der Waals surface area contributed by atoms with Gasteiger partial charge in [0.2, 0.25) is 0 Å². The Morgan fingerprint density at radius 1 is 1.18 bits per heavy atom. The number of carboxylic acid groups (broad SMARTS) is 1. The lowest BCUT2D eigenvalue weighted by Crippen LogP contribution is -2.33. The molecule has 0 bridgehead atoms. The minimum atomic E-state index is -0.855. The fraction of sp³-hybridized carbons (Fsp3) is 0.278. The number of ether oxygens (including phenoxy) is 1. The van der Waals surface area contributed by atoms with Crippen LogP contribution >= 0.6 is 0 Å². The predicted octanol–water partition coefficient (Wildman–Crippen LogP) is 3.14. The second-order valence-electron chi connectivity index (χ2n) is 5.36. The first kappa shape index (κ1) is 16.0. The lowest BCUT2D eigenvalue weighted by Gasteiger charge is -2.11. The number of hydrogen-bond donors (Lipinski definition) is 2. The second-order valence-corrected chi connectivity index (χ2v) is 5.36. The Balaban J connectivity index is 1.90. The molecule has 0 spiro atoms. The lowest BCUT2D eigenvalue weighted by molar-refractivity contribution is -0.139. The zero-order valence-corrected chi connectivity index (χ0v) is 12.9. The lowest BCUT2D eigenvalue weighted by atomic mass is 10.1. The molecule has 2 N–H and O–H groups in total. The Kier molecular flexibility index (Phi) is 5.55. The molecule has 0 saturated heterocycles. The van der Waals surface area contributed by atoms with E-state index in [0.29, 0.717) is 13.2 Å². The molecule has 0 radical (unpaired) electrons. The molecule has 4 heteroatoms. The van der Waals surface area contributed by atoms with Gasteiger partial charge in [-0.2, -0.15) is 0 Å². The third-order valence-corrected chi connectivity index (χ3v) is 3.41. The smallest absolute Gasteiger partial charge is 0.320 e. The molecule has 2 rings (SSSR count). The van der Waals surface area contributed by atoms with E-state index in [9.17, 15) is 4.79 Å². The van der Waals surface area contributed by atoms with Crippen LogP contribution < -0.4 is 10.1 Å². The highest BCUT2D eigenvalue weighted by atomic mass is 16.5. The van der Waals surface area contributed by atoms with E-state index in [0.717, 1.165) is 16.9 Å². The minimum Gasteiger partial charge on any atom is -0.489 e. The van der Waals surface area contributed by atoms with E-state index in [-0.39, 0.29) is 0 Å². The zero-order chi connectivity index (χ0) is 15.9. The summed E-state index contributed by atoms with van der Waals surface area (Å²) in [5.74, 6) is -0.0744. The molecule has 1 unspecified atom stereocenters. The maximum Gasteiger partial charge on any atom is 0.320 e. The van der Waals surface area contributed by atoms with Crippen LogP contribution in [-0.2, 0) is 17.9 Å². The molecule has 1 atom stereocenters. The summed E-state index contributed by atoms with van der Waals surface area (Å²) in [7, 11) is 0. The quantitative estimate of drug-likeness (QED) is 0.824. The van der Waals surface area contributed by atoms with E-state index >= 15 is 0 Å². The highest BCUT2D eigenvalue weighted by molar-refractivity contribution is 5.72. The van der Waals surface area contributed by atoms with E-state index in [1.165, 1.54) is 5.56 Å². The first-order valence-electron chi connectivity index (χ1n) is 7.28. The molecule has 4 nitrogen and oxygen atoms in total. The monoisotopic (exact) mass is 299 g/mol. The SMILES string of the molecule is Cc1ccc(COc2cccc(CNC(C)C(=O)O)c2)cc1. The maximum atomic E-state index is 10.8. The number of nitrogens with one attached hydrogen (secondary N) is 1. The molecule has 0 aliphatic heterocycles.